The van der Waals surface area contributed by atoms with Gasteiger partial charge >= 0.3 is 0 Å². The van der Waals surface area contributed by atoms with Gasteiger partial charge in [0, 0.05) is 18.4 Å². The van der Waals surface area contributed by atoms with Crippen molar-refractivity contribution in [1.82, 2.24) is 5.01 Å². The van der Waals surface area contributed by atoms with Gasteiger partial charge in [0.2, 0.25) is 11.8 Å². The van der Waals surface area contributed by atoms with E-state index in [2.05, 4.69) is 0 Å². The summed E-state index contributed by atoms with van der Waals surface area (Å²) in [4.78, 5) is 37.4. The number of rotatable bonds is 3. The molecule has 1 aliphatic heterocycles. The number of imide groups is 1. The van der Waals surface area contributed by atoms with Gasteiger partial charge in [0.1, 0.15) is 0 Å². The first-order valence-electron chi connectivity index (χ1n) is 7.49. The number of hydrogen-bond acceptors (Lipinski definition) is 3. The second-order valence-corrected chi connectivity index (χ2v) is 5.27. The molecule has 0 saturated carbocycles. The Morgan fingerprint density at radius 1 is 0.826 bits per heavy atom. The molecule has 0 unspecified atom stereocenters. The zero-order valence-corrected chi connectivity index (χ0v) is 12.5. The lowest BCUT2D eigenvalue weighted by Gasteiger charge is -2.35. The van der Waals surface area contributed by atoms with Crippen molar-refractivity contribution in [3.05, 3.63) is 66.2 Å². The first-order chi connectivity index (χ1) is 11.2. The van der Waals surface area contributed by atoms with Crippen molar-refractivity contribution >= 4 is 23.4 Å². The number of carbonyl (C=O) groups is 3. The van der Waals surface area contributed by atoms with Crippen LogP contribution in [0.4, 0.5) is 5.69 Å². The van der Waals surface area contributed by atoms with Gasteiger partial charge in [-0.1, -0.05) is 36.4 Å². The van der Waals surface area contributed by atoms with Crippen LogP contribution in [0.25, 0.3) is 0 Å². The van der Waals surface area contributed by atoms with Crippen LogP contribution in [0, 0.1) is 0 Å². The van der Waals surface area contributed by atoms with Crippen molar-refractivity contribution < 1.29 is 14.4 Å². The summed E-state index contributed by atoms with van der Waals surface area (Å²) < 4.78 is 0. The number of anilines is 1. The Hall–Kier alpha value is -2.95. The predicted molar refractivity (Wildman–Crippen MR) is 85.4 cm³/mol. The van der Waals surface area contributed by atoms with Gasteiger partial charge < -0.3 is 0 Å². The summed E-state index contributed by atoms with van der Waals surface area (Å²) in [5.41, 5.74) is 0.910. The van der Waals surface area contributed by atoms with Crippen LogP contribution in [0.15, 0.2) is 60.7 Å². The van der Waals surface area contributed by atoms with Gasteiger partial charge in [-0.25, -0.2) is 5.01 Å². The number of para-hydroxylation sites is 1. The van der Waals surface area contributed by atoms with Crippen LogP contribution in [0.1, 0.15) is 29.6 Å². The molecular formula is C18H16N2O3. The normalized spacial score (nSPS) is 14.7. The molecule has 0 atom stereocenters. The standard InChI is InChI=1S/C18H16N2O3/c21-16-12-7-13-17(22)20(16)19(15-10-5-2-6-11-15)18(23)14-8-3-1-4-9-14/h1-6,8-11H,7,12-13H2. The number of nitrogens with zero attached hydrogens (tertiary/aromatic N) is 2. The minimum absolute atomic E-state index is 0.261. The van der Waals surface area contributed by atoms with Gasteiger partial charge in [0.15, 0.2) is 0 Å². The highest BCUT2D eigenvalue weighted by molar-refractivity contribution is 6.12. The van der Waals surface area contributed by atoms with E-state index in [9.17, 15) is 14.4 Å². The number of benzene rings is 2. The lowest BCUT2D eigenvalue weighted by Crippen LogP contribution is -2.54. The minimum Gasteiger partial charge on any atom is -0.273 e. The third-order valence-corrected chi connectivity index (χ3v) is 3.67. The lowest BCUT2D eigenvalue weighted by atomic mass is 10.1. The van der Waals surface area contributed by atoms with Gasteiger partial charge in [-0.3, -0.25) is 14.4 Å². The largest absolute Gasteiger partial charge is 0.277 e. The SMILES string of the molecule is O=C1CCCC(=O)N1N(C(=O)c1ccccc1)c1ccccc1. The number of amides is 3. The van der Waals surface area contributed by atoms with Crippen LogP contribution >= 0.6 is 0 Å². The maximum Gasteiger partial charge on any atom is 0.277 e. The molecule has 0 N–H and O–H groups in total. The first-order valence-corrected chi connectivity index (χ1v) is 7.49. The Balaban J connectivity index is 2.06. The van der Waals surface area contributed by atoms with Crippen LogP contribution in [0.3, 0.4) is 0 Å². The van der Waals surface area contributed by atoms with Crippen LogP contribution in [-0.2, 0) is 9.59 Å². The van der Waals surface area contributed by atoms with Crippen molar-refractivity contribution in [3.8, 4) is 0 Å². The van der Waals surface area contributed by atoms with Gasteiger partial charge in [0.05, 0.1) is 5.69 Å². The second-order valence-electron chi connectivity index (χ2n) is 5.27. The average Bonchev–Trinajstić information content (AvgIpc) is 2.59. The van der Waals surface area contributed by atoms with E-state index in [0.717, 1.165) is 5.01 Å². The Morgan fingerprint density at radius 3 is 1.91 bits per heavy atom. The number of hydrogen-bond donors (Lipinski definition) is 0. The van der Waals surface area contributed by atoms with E-state index in [1.165, 1.54) is 5.01 Å². The maximum absolute atomic E-state index is 12.9. The molecule has 5 nitrogen and oxygen atoms in total. The van der Waals surface area contributed by atoms with E-state index in [-0.39, 0.29) is 24.7 Å². The molecule has 0 bridgehead atoms. The quantitative estimate of drug-likeness (QED) is 0.819. The van der Waals surface area contributed by atoms with Crippen LogP contribution < -0.4 is 5.01 Å². The lowest BCUT2D eigenvalue weighted by molar-refractivity contribution is -0.148. The molecule has 0 radical (unpaired) electrons. The summed E-state index contributed by atoms with van der Waals surface area (Å²) in [6.07, 6.45) is 1.05. The number of carbonyl (C=O) groups excluding carboxylic acids is 3. The molecule has 23 heavy (non-hydrogen) atoms. The Kier molecular flexibility index (Phi) is 4.19. The molecule has 1 heterocycles. The minimum atomic E-state index is -0.402. The summed E-state index contributed by atoms with van der Waals surface area (Å²) in [7, 11) is 0. The Labute approximate surface area is 134 Å². The van der Waals surface area contributed by atoms with Crippen LogP contribution in [-0.4, -0.2) is 22.7 Å². The molecule has 0 aromatic heterocycles. The summed E-state index contributed by atoms with van der Waals surface area (Å²) in [6.45, 7) is 0. The van der Waals surface area contributed by atoms with Gasteiger partial charge in [-0.2, -0.15) is 5.01 Å². The summed E-state index contributed by atoms with van der Waals surface area (Å²) in [5, 5.41) is 2.16. The number of hydrazine groups is 1. The monoisotopic (exact) mass is 308 g/mol. The third kappa shape index (κ3) is 2.99. The molecular weight excluding hydrogens is 292 g/mol. The fraction of sp³-hybridized carbons (Fsp3) is 0.167. The van der Waals surface area contributed by atoms with Gasteiger partial charge in [-0.05, 0) is 30.7 Å². The van der Waals surface area contributed by atoms with E-state index in [1.54, 1.807) is 54.6 Å². The van der Waals surface area contributed by atoms with E-state index < -0.39 is 5.91 Å². The van der Waals surface area contributed by atoms with Crippen molar-refractivity contribution in [2.75, 3.05) is 5.01 Å². The van der Waals surface area contributed by atoms with E-state index in [0.29, 0.717) is 17.7 Å². The molecule has 0 spiro atoms. The molecule has 2 aromatic rings. The van der Waals surface area contributed by atoms with E-state index in [1.807, 2.05) is 6.07 Å². The summed E-state index contributed by atoms with van der Waals surface area (Å²) in [5.74, 6) is -1.11. The highest BCUT2D eigenvalue weighted by Gasteiger charge is 2.35. The van der Waals surface area contributed by atoms with Crippen molar-refractivity contribution in [3.63, 3.8) is 0 Å². The third-order valence-electron chi connectivity index (χ3n) is 3.67. The van der Waals surface area contributed by atoms with E-state index >= 15 is 0 Å². The predicted octanol–water partition coefficient (Wildman–Crippen LogP) is 2.79. The molecule has 0 aliphatic carbocycles. The molecule has 5 heteroatoms. The Morgan fingerprint density at radius 2 is 1.35 bits per heavy atom. The molecule has 2 aromatic carbocycles. The molecule has 1 saturated heterocycles. The number of piperidine rings is 1. The second kappa shape index (κ2) is 6.44. The summed E-state index contributed by atoms with van der Waals surface area (Å²) in [6, 6.07) is 17.4. The molecule has 3 amide bonds. The molecule has 1 fully saturated rings. The van der Waals surface area contributed by atoms with Crippen molar-refractivity contribution in [2.45, 2.75) is 19.3 Å². The van der Waals surface area contributed by atoms with Crippen LogP contribution in [0.2, 0.25) is 0 Å². The molecule has 1 aliphatic rings. The molecule has 116 valence electrons. The topological polar surface area (TPSA) is 57.7 Å². The molecule has 3 rings (SSSR count). The first kappa shape index (κ1) is 15.0. The summed E-state index contributed by atoms with van der Waals surface area (Å²) >= 11 is 0. The van der Waals surface area contributed by atoms with Crippen molar-refractivity contribution in [1.29, 1.82) is 0 Å². The average molecular weight is 308 g/mol. The van der Waals surface area contributed by atoms with Gasteiger partial charge in [-0.15, -0.1) is 0 Å². The zero-order chi connectivity index (χ0) is 16.2. The fourth-order valence-corrected chi connectivity index (χ4v) is 2.56. The highest BCUT2D eigenvalue weighted by atomic mass is 16.2. The van der Waals surface area contributed by atoms with Gasteiger partial charge in [0.25, 0.3) is 5.91 Å². The maximum atomic E-state index is 12.9. The zero-order valence-electron chi connectivity index (χ0n) is 12.5. The van der Waals surface area contributed by atoms with E-state index in [4.69, 9.17) is 0 Å². The fourth-order valence-electron chi connectivity index (χ4n) is 2.56. The smallest absolute Gasteiger partial charge is 0.273 e. The van der Waals surface area contributed by atoms with Crippen LogP contribution in [0.5, 0.6) is 0 Å². The highest BCUT2D eigenvalue weighted by Crippen LogP contribution is 2.24. The Bertz CT molecular complexity index is 712. The van der Waals surface area contributed by atoms with Crippen molar-refractivity contribution in [2.24, 2.45) is 0 Å².